The number of nitrogens with zero attached hydrogens (tertiary/aromatic N) is 2. The molecule has 0 saturated heterocycles. The van der Waals surface area contributed by atoms with Crippen LogP contribution in [0.25, 0.3) is 0 Å². The van der Waals surface area contributed by atoms with Crippen LogP contribution in [0.1, 0.15) is 34.1 Å². The molecule has 0 unspecified atom stereocenters. The van der Waals surface area contributed by atoms with Crippen molar-refractivity contribution in [2.75, 3.05) is 27.2 Å². The minimum absolute atomic E-state index is 0.0174. The van der Waals surface area contributed by atoms with Gasteiger partial charge in [0.15, 0.2) is 0 Å². The normalized spacial score (nSPS) is 13.3. The summed E-state index contributed by atoms with van der Waals surface area (Å²) in [6.07, 6.45) is 0.819. The molecule has 0 amide bonds. The van der Waals surface area contributed by atoms with Gasteiger partial charge in [0.25, 0.3) is 10.2 Å². The third-order valence-corrected chi connectivity index (χ3v) is 4.81. The average Bonchev–Trinajstić information content (AvgIpc) is 2.22. The van der Waals surface area contributed by atoms with Gasteiger partial charge in [0.05, 0.1) is 0 Å². The van der Waals surface area contributed by atoms with Gasteiger partial charge in [0.2, 0.25) is 0 Å². The van der Waals surface area contributed by atoms with Crippen LogP contribution in [-0.4, -0.2) is 56.3 Å². The molecule has 0 bridgehead atoms. The van der Waals surface area contributed by atoms with Gasteiger partial charge in [-0.2, -0.15) is 17.0 Å². The van der Waals surface area contributed by atoms with Crippen molar-refractivity contribution >= 4 is 10.2 Å². The van der Waals surface area contributed by atoms with E-state index in [9.17, 15) is 8.42 Å². The van der Waals surface area contributed by atoms with E-state index in [1.54, 1.807) is 14.1 Å². The summed E-state index contributed by atoms with van der Waals surface area (Å²) in [5, 5.41) is 3.27. The number of hydrogen-bond acceptors (Lipinski definition) is 3. The molecule has 0 aromatic rings. The van der Waals surface area contributed by atoms with Crippen LogP contribution >= 0.6 is 0 Å². The molecular formula is C11H27N3O2S. The van der Waals surface area contributed by atoms with Gasteiger partial charge in [-0.05, 0) is 26.8 Å². The highest BCUT2D eigenvalue weighted by atomic mass is 32.2. The molecule has 0 aliphatic heterocycles. The fourth-order valence-corrected chi connectivity index (χ4v) is 2.63. The Bertz CT molecular complexity index is 302. The van der Waals surface area contributed by atoms with Crippen LogP contribution in [0.5, 0.6) is 0 Å². The Morgan fingerprint density at radius 3 is 2.06 bits per heavy atom. The van der Waals surface area contributed by atoms with Gasteiger partial charge in [0, 0.05) is 32.7 Å². The zero-order valence-corrected chi connectivity index (χ0v) is 12.7. The Morgan fingerprint density at radius 2 is 1.65 bits per heavy atom. The molecule has 6 heteroatoms. The van der Waals surface area contributed by atoms with Gasteiger partial charge < -0.3 is 5.32 Å². The molecule has 104 valence electrons. The molecule has 0 heterocycles. The highest BCUT2D eigenvalue weighted by Gasteiger charge is 2.24. The van der Waals surface area contributed by atoms with E-state index < -0.39 is 10.2 Å². The second-order valence-electron chi connectivity index (χ2n) is 4.90. The monoisotopic (exact) mass is 265 g/mol. The molecule has 0 fully saturated rings. The fourth-order valence-electron chi connectivity index (χ4n) is 1.29. The van der Waals surface area contributed by atoms with Crippen LogP contribution in [0.2, 0.25) is 0 Å². The van der Waals surface area contributed by atoms with Gasteiger partial charge in [0.1, 0.15) is 0 Å². The summed E-state index contributed by atoms with van der Waals surface area (Å²) in [7, 11) is -0.0576. The quantitative estimate of drug-likeness (QED) is 0.663. The lowest BCUT2D eigenvalue weighted by Gasteiger charge is -2.27. The van der Waals surface area contributed by atoms with E-state index in [0.29, 0.717) is 12.6 Å². The van der Waals surface area contributed by atoms with Crippen LogP contribution in [0, 0.1) is 0 Å². The maximum absolute atomic E-state index is 12.0. The average molecular weight is 265 g/mol. The predicted octanol–water partition coefficient (Wildman–Crippen LogP) is 0.891. The Balaban J connectivity index is 4.17. The van der Waals surface area contributed by atoms with E-state index in [0.717, 1.165) is 13.0 Å². The molecule has 0 aliphatic rings. The van der Waals surface area contributed by atoms with Crippen molar-refractivity contribution in [3.05, 3.63) is 0 Å². The second kappa shape index (κ2) is 7.31. The molecule has 0 spiro atoms. The first-order valence-electron chi connectivity index (χ1n) is 6.12. The summed E-state index contributed by atoms with van der Waals surface area (Å²) < 4.78 is 26.9. The molecule has 0 saturated carbocycles. The third kappa shape index (κ3) is 5.81. The standard InChI is InChI=1S/C11H27N3O2S/c1-10(2)12-8-7-9-13(5)17(15,16)14(6)11(3)4/h10-12H,7-9H2,1-6H3. The second-order valence-corrected chi connectivity index (χ2v) is 7.00. The van der Waals surface area contributed by atoms with Crippen molar-refractivity contribution < 1.29 is 8.42 Å². The molecule has 0 radical (unpaired) electrons. The first-order chi connectivity index (χ1) is 7.69. The zero-order chi connectivity index (χ0) is 13.6. The molecule has 1 N–H and O–H groups in total. The first-order valence-corrected chi connectivity index (χ1v) is 7.52. The zero-order valence-electron chi connectivity index (χ0n) is 11.9. The van der Waals surface area contributed by atoms with Crippen LogP contribution in [0.15, 0.2) is 0 Å². The highest BCUT2D eigenvalue weighted by Crippen LogP contribution is 2.08. The largest absolute Gasteiger partial charge is 0.314 e. The lowest BCUT2D eigenvalue weighted by atomic mass is 10.3. The maximum atomic E-state index is 12.0. The van der Waals surface area contributed by atoms with E-state index in [1.807, 2.05) is 13.8 Å². The summed E-state index contributed by atoms with van der Waals surface area (Å²) >= 11 is 0. The smallest absolute Gasteiger partial charge is 0.281 e. The maximum Gasteiger partial charge on any atom is 0.281 e. The molecule has 5 nitrogen and oxygen atoms in total. The Labute approximate surface area is 106 Å². The predicted molar refractivity (Wildman–Crippen MR) is 72.2 cm³/mol. The summed E-state index contributed by atoms with van der Waals surface area (Å²) in [5.74, 6) is 0. The number of hydrogen-bond donors (Lipinski definition) is 1. The van der Waals surface area contributed by atoms with E-state index in [2.05, 4.69) is 19.2 Å². The molecular weight excluding hydrogens is 238 g/mol. The minimum Gasteiger partial charge on any atom is -0.314 e. The number of rotatable bonds is 8. The van der Waals surface area contributed by atoms with Gasteiger partial charge in [-0.1, -0.05) is 13.8 Å². The Hall–Kier alpha value is -0.170. The summed E-state index contributed by atoms with van der Waals surface area (Å²) in [6, 6.07) is 0.423. The summed E-state index contributed by atoms with van der Waals surface area (Å²) in [6.45, 7) is 9.26. The molecule has 0 aromatic carbocycles. The van der Waals surface area contributed by atoms with Crippen LogP contribution in [-0.2, 0) is 10.2 Å². The van der Waals surface area contributed by atoms with Gasteiger partial charge >= 0.3 is 0 Å². The van der Waals surface area contributed by atoms with Crippen molar-refractivity contribution in [3.63, 3.8) is 0 Å². The van der Waals surface area contributed by atoms with E-state index >= 15 is 0 Å². The van der Waals surface area contributed by atoms with Crippen molar-refractivity contribution in [3.8, 4) is 0 Å². The van der Waals surface area contributed by atoms with E-state index in [-0.39, 0.29) is 6.04 Å². The molecule has 0 aliphatic carbocycles. The van der Waals surface area contributed by atoms with Crippen LogP contribution in [0.4, 0.5) is 0 Å². The SMILES string of the molecule is CC(C)NCCCN(C)S(=O)(=O)N(C)C(C)C. The summed E-state index contributed by atoms with van der Waals surface area (Å²) in [5.41, 5.74) is 0. The van der Waals surface area contributed by atoms with Crippen LogP contribution in [0.3, 0.4) is 0 Å². The van der Waals surface area contributed by atoms with Gasteiger partial charge in [-0.3, -0.25) is 0 Å². The number of nitrogens with one attached hydrogen (secondary N) is 1. The fraction of sp³-hybridized carbons (Fsp3) is 1.00. The van der Waals surface area contributed by atoms with Crippen LogP contribution < -0.4 is 5.32 Å². The minimum atomic E-state index is -3.30. The van der Waals surface area contributed by atoms with Crippen molar-refractivity contribution in [2.24, 2.45) is 0 Å². The molecule has 0 aromatic heterocycles. The van der Waals surface area contributed by atoms with Crippen molar-refractivity contribution in [2.45, 2.75) is 46.2 Å². The van der Waals surface area contributed by atoms with Crippen molar-refractivity contribution in [1.82, 2.24) is 13.9 Å². The lowest BCUT2D eigenvalue weighted by molar-refractivity contribution is 0.354. The van der Waals surface area contributed by atoms with Crippen molar-refractivity contribution in [1.29, 1.82) is 0 Å². The summed E-state index contributed by atoms with van der Waals surface area (Å²) in [4.78, 5) is 0. The van der Waals surface area contributed by atoms with E-state index in [1.165, 1.54) is 8.61 Å². The lowest BCUT2D eigenvalue weighted by Crippen LogP contribution is -2.43. The first kappa shape index (κ1) is 16.8. The highest BCUT2D eigenvalue weighted by molar-refractivity contribution is 7.86. The van der Waals surface area contributed by atoms with Gasteiger partial charge in [-0.15, -0.1) is 0 Å². The van der Waals surface area contributed by atoms with Gasteiger partial charge in [-0.25, -0.2) is 0 Å². The Morgan fingerprint density at radius 1 is 1.12 bits per heavy atom. The molecule has 17 heavy (non-hydrogen) atoms. The third-order valence-electron chi connectivity index (χ3n) is 2.69. The topological polar surface area (TPSA) is 52.7 Å². The van der Waals surface area contributed by atoms with E-state index in [4.69, 9.17) is 0 Å². The molecule has 0 rings (SSSR count). The Kier molecular flexibility index (Phi) is 7.23. The molecule has 0 atom stereocenters.